The maximum atomic E-state index is 9.30. The number of benzene rings is 1. The second-order valence-corrected chi connectivity index (χ2v) is 6.25. The van der Waals surface area contributed by atoms with E-state index in [0.29, 0.717) is 6.54 Å². The highest BCUT2D eigenvalue weighted by Gasteiger charge is 2.24. The minimum Gasteiger partial charge on any atom is -0.396 e. The first-order valence-electron chi connectivity index (χ1n) is 6.05. The fourth-order valence-electron chi connectivity index (χ4n) is 1.93. The molecule has 102 valence electrons. The minimum atomic E-state index is -0.452. The Morgan fingerprint density at radius 1 is 1.28 bits per heavy atom. The third kappa shape index (κ3) is 4.35. The van der Waals surface area contributed by atoms with E-state index in [1.54, 1.807) is 0 Å². The summed E-state index contributed by atoms with van der Waals surface area (Å²) < 4.78 is 1.10. The summed E-state index contributed by atoms with van der Waals surface area (Å²) in [5.74, 6) is 0. The van der Waals surface area contributed by atoms with Crippen LogP contribution in [0.2, 0.25) is 0 Å². The van der Waals surface area contributed by atoms with Crippen molar-refractivity contribution in [2.75, 3.05) is 26.8 Å². The zero-order valence-corrected chi connectivity index (χ0v) is 12.9. The van der Waals surface area contributed by atoms with Gasteiger partial charge in [-0.3, -0.25) is 0 Å². The molecule has 0 aliphatic heterocycles. The molecule has 0 aromatic heterocycles. The van der Waals surface area contributed by atoms with Crippen molar-refractivity contribution in [3.8, 4) is 0 Å². The summed E-state index contributed by atoms with van der Waals surface area (Å²) in [7, 11) is 2.00. The molecule has 0 aliphatic carbocycles. The topological polar surface area (TPSA) is 43.7 Å². The molecule has 0 radical (unpaired) electrons. The lowest BCUT2D eigenvalue weighted by Crippen LogP contribution is -2.38. The van der Waals surface area contributed by atoms with Crippen molar-refractivity contribution in [1.82, 2.24) is 4.90 Å². The van der Waals surface area contributed by atoms with Gasteiger partial charge in [-0.1, -0.05) is 35.0 Å². The van der Waals surface area contributed by atoms with Crippen LogP contribution in [0.25, 0.3) is 0 Å². The Morgan fingerprint density at radius 2 is 1.89 bits per heavy atom. The summed E-state index contributed by atoms with van der Waals surface area (Å²) in [5.41, 5.74) is 1.98. The van der Waals surface area contributed by atoms with Gasteiger partial charge in [-0.15, -0.1) is 0 Å². The molecular formula is C14H22BrNO2. The molecule has 0 aliphatic rings. The highest BCUT2D eigenvalue weighted by molar-refractivity contribution is 9.10. The van der Waals surface area contributed by atoms with Gasteiger partial charge in [-0.2, -0.15) is 0 Å². The molecule has 0 unspecified atom stereocenters. The molecule has 2 N–H and O–H groups in total. The largest absolute Gasteiger partial charge is 0.396 e. The van der Waals surface area contributed by atoms with Crippen molar-refractivity contribution >= 4 is 15.9 Å². The maximum Gasteiger partial charge on any atom is 0.0519 e. The van der Waals surface area contributed by atoms with E-state index in [-0.39, 0.29) is 13.2 Å². The van der Waals surface area contributed by atoms with Crippen LogP contribution in [0, 0.1) is 12.3 Å². The predicted octanol–water partition coefficient (Wildman–Crippen LogP) is 2.18. The van der Waals surface area contributed by atoms with E-state index >= 15 is 0 Å². The van der Waals surface area contributed by atoms with E-state index in [9.17, 15) is 10.2 Å². The molecule has 18 heavy (non-hydrogen) atoms. The van der Waals surface area contributed by atoms with Gasteiger partial charge in [0.05, 0.1) is 13.2 Å². The van der Waals surface area contributed by atoms with Crippen molar-refractivity contribution in [1.29, 1.82) is 0 Å². The number of rotatable bonds is 6. The highest BCUT2D eigenvalue weighted by atomic mass is 79.9. The molecule has 4 heteroatoms. The third-order valence-electron chi connectivity index (χ3n) is 3.06. The standard InChI is InChI=1S/C14H22BrNO2/c1-11-4-5-12(13(15)6-11)7-16(3)8-14(2,9-17)10-18/h4-6,17-18H,7-10H2,1-3H3. The van der Waals surface area contributed by atoms with Crippen molar-refractivity contribution in [2.45, 2.75) is 20.4 Å². The number of aryl methyl sites for hydroxylation is 1. The van der Waals surface area contributed by atoms with Crippen LogP contribution in [0.5, 0.6) is 0 Å². The predicted molar refractivity (Wildman–Crippen MR) is 77.5 cm³/mol. The van der Waals surface area contributed by atoms with Gasteiger partial charge in [0.1, 0.15) is 0 Å². The SMILES string of the molecule is Cc1ccc(CN(C)CC(C)(CO)CO)c(Br)c1. The van der Waals surface area contributed by atoms with Gasteiger partial charge in [0, 0.05) is 23.0 Å². The van der Waals surface area contributed by atoms with E-state index in [0.717, 1.165) is 11.0 Å². The normalized spacial score (nSPS) is 12.2. The third-order valence-corrected chi connectivity index (χ3v) is 3.80. The average molecular weight is 316 g/mol. The zero-order chi connectivity index (χ0) is 13.8. The lowest BCUT2D eigenvalue weighted by molar-refractivity contribution is 0.0401. The first-order valence-corrected chi connectivity index (χ1v) is 6.85. The molecule has 0 fully saturated rings. The summed E-state index contributed by atoms with van der Waals surface area (Å²) in [6.45, 7) is 5.36. The van der Waals surface area contributed by atoms with Crippen LogP contribution in [0.3, 0.4) is 0 Å². The molecule has 1 rings (SSSR count). The van der Waals surface area contributed by atoms with Crippen molar-refractivity contribution in [3.05, 3.63) is 33.8 Å². The Labute approximate surface area is 118 Å². The van der Waals surface area contributed by atoms with Crippen LogP contribution in [-0.4, -0.2) is 41.9 Å². The van der Waals surface area contributed by atoms with E-state index < -0.39 is 5.41 Å². The maximum absolute atomic E-state index is 9.30. The molecule has 0 saturated heterocycles. The molecule has 0 saturated carbocycles. The van der Waals surface area contributed by atoms with Gasteiger partial charge in [0.2, 0.25) is 0 Å². The molecular weight excluding hydrogens is 294 g/mol. The lowest BCUT2D eigenvalue weighted by atomic mass is 9.92. The quantitative estimate of drug-likeness (QED) is 0.845. The fourth-order valence-corrected chi connectivity index (χ4v) is 2.55. The molecule has 3 nitrogen and oxygen atoms in total. The van der Waals surface area contributed by atoms with E-state index in [4.69, 9.17) is 0 Å². The summed E-state index contributed by atoms with van der Waals surface area (Å²) in [5, 5.41) is 18.6. The summed E-state index contributed by atoms with van der Waals surface area (Å²) >= 11 is 3.56. The van der Waals surface area contributed by atoms with Crippen molar-refractivity contribution in [3.63, 3.8) is 0 Å². The molecule has 0 spiro atoms. The number of aliphatic hydroxyl groups is 2. The minimum absolute atomic E-state index is 0.0110. The van der Waals surface area contributed by atoms with Crippen LogP contribution >= 0.6 is 15.9 Å². The van der Waals surface area contributed by atoms with Gasteiger partial charge in [-0.05, 0) is 31.2 Å². The summed E-state index contributed by atoms with van der Waals surface area (Å²) in [6.07, 6.45) is 0. The second kappa shape index (κ2) is 6.66. The molecule has 0 heterocycles. The van der Waals surface area contributed by atoms with Crippen LogP contribution in [0.1, 0.15) is 18.1 Å². The van der Waals surface area contributed by atoms with Gasteiger partial charge in [0.25, 0.3) is 0 Å². The van der Waals surface area contributed by atoms with Crippen LogP contribution in [-0.2, 0) is 6.54 Å². The zero-order valence-electron chi connectivity index (χ0n) is 11.3. The summed E-state index contributed by atoms with van der Waals surface area (Å²) in [6, 6.07) is 6.29. The van der Waals surface area contributed by atoms with Gasteiger partial charge in [0.15, 0.2) is 0 Å². The van der Waals surface area contributed by atoms with Gasteiger partial charge in [-0.25, -0.2) is 0 Å². The average Bonchev–Trinajstić information content (AvgIpc) is 2.32. The molecule has 1 aromatic carbocycles. The Balaban J connectivity index is 2.67. The fraction of sp³-hybridized carbons (Fsp3) is 0.571. The van der Waals surface area contributed by atoms with Crippen LogP contribution < -0.4 is 0 Å². The monoisotopic (exact) mass is 315 g/mol. The Kier molecular flexibility index (Phi) is 5.79. The van der Waals surface area contributed by atoms with E-state index in [1.807, 2.05) is 14.0 Å². The van der Waals surface area contributed by atoms with Gasteiger partial charge >= 0.3 is 0 Å². The Morgan fingerprint density at radius 3 is 2.39 bits per heavy atom. The van der Waals surface area contributed by atoms with Crippen molar-refractivity contribution in [2.24, 2.45) is 5.41 Å². The van der Waals surface area contributed by atoms with Gasteiger partial charge < -0.3 is 15.1 Å². The van der Waals surface area contributed by atoms with E-state index in [1.165, 1.54) is 11.1 Å². The molecule has 1 aromatic rings. The summed E-state index contributed by atoms with van der Waals surface area (Å²) in [4.78, 5) is 2.11. The number of halogens is 1. The molecule has 0 atom stereocenters. The second-order valence-electron chi connectivity index (χ2n) is 5.39. The van der Waals surface area contributed by atoms with Crippen LogP contribution in [0.4, 0.5) is 0 Å². The smallest absolute Gasteiger partial charge is 0.0519 e. The van der Waals surface area contributed by atoms with Crippen LogP contribution in [0.15, 0.2) is 22.7 Å². The molecule has 0 amide bonds. The molecule has 0 bridgehead atoms. The number of hydrogen-bond donors (Lipinski definition) is 2. The van der Waals surface area contributed by atoms with E-state index in [2.05, 4.69) is 46.0 Å². The first kappa shape index (κ1) is 15.6. The Bertz CT molecular complexity index is 391. The lowest BCUT2D eigenvalue weighted by Gasteiger charge is -2.30. The number of nitrogens with zero attached hydrogens (tertiary/aromatic N) is 1. The Hall–Kier alpha value is -0.420. The highest BCUT2D eigenvalue weighted by Crippen LogP contribution is 2.22. The number of hydrogen-bond acceptors (Lipinski definition) is 3. The van der Waals surface area contributed by atoms with Crippen molar-refractivity contribution < 1.29 is 10.2 Å². The first-order chi connectivity index (χ1) is 8.40. The number of aliphatic hydroxyl groups excluding tert-OH is 2.